The first-order chi connectivity index (χ1) is 19.3. The van der Waals surface area contributed by atoms with Crippen molar-refractivity contribution in [2.45, 2.75) is 31.6 Å². The van der Waals surface area contributed by atoms with Gasteiger partial charge in [-0.05, 0) is 54.3 Å². The van der Waals surface area contributed by atoms with Gasteiger partial charge >= 0.3 is 6.18 Å². The summed E-state index contributed by atoms with van der Waals surface area (Å²) in [6, 6.07) is 11.5. The zero-order valence-electron chi connectivity index (χ0n) is 21.9. The van der Waals surface area contributed by atoms with E-state index in [1.165, 1.54) is 23.5 Å². The van der Waals surface area contributed by atoms with Gasteiger partial charge in [-0.1, -0.05) is 12.1 Å². The normalized spacial score (nSPS) is 18.4. The predicted octanol–water partition coefficient (Wildman–Crippen LogP) is 4.40. The van der Waals surface area contributed by atoms with E-state index < -0.39 is 11.7 Å². The molecule has 3 aromatic rings. The van der Waals surface area contributed by atoms with Crippen LogP contribution < -0.4 is 4.90 Å². The van der Waals surface area contributed by atoms with E-state index in [0.29, 0.717) is 49.3 Å². The number of halogens is 3. The highest BCUT2D eigenvalue weighted by Crippen LogP contribution is 2.32. The molecule has 6 rings (SSSR count). The van der Waals surface area contributed by atoms with Gasteiger partial charge in [0.1, 0.15) is 0 Å². The molecule has 4 heterocycles. The zero-order valence-corrected chi connectivity index (χ0v) is 22.8. The van der Waals surface area contributed by atoms with Crippen LogP contribution in [0.3, 0.4) is 0 Å². The Kier molecular flexibility index (Phi) is 7.26. The third-order valence-electron chi connectivity index (χ3n) is 8.08. The highest BCUT2D eigenvalue weighted by Gasteiger charge is 2.37. The van der Waals surface area contributed by atoms with Crippen LogP contribution in [0, 0.1) is 0 Å². The molecule has 2 fully saturated rings. The van der Waals surface area contributed by atoms with Crippen LogP contribution in [0.15, 0.2) is 54.0 Å². The first-order valence-electron chi connectivity index (χ1n) is 13.5. The Labute approximate surface area is 234 Å². The van der Waals surface area contributed by atoms with Crippen LogP contribution in [0.5, 0.6) is 0 Å². The number of likely N-dealkylation sites (tertiary alicyclic amines) is 1. The topological polar surface area (TPSA) is 60.0 Å². The van der Waals surface area contributed by atoms with E-state index in [1.54, 1.807) is 6.20 Å². The van der Waals surface area contributed by atoms with Crippen LogP contribution in [-0.4, -0.2) is 83.4 Å². The number of carbonyl (C=O) groups excluding carboxylic acids is 2. The van der Waals surface area contributed by atoms with Crippen LogP contribution in [0.25, 0.3) is 0 Å². The predicted molar refractivity (Wildman–Crippen MR) is 147 cm³/mol. The second-order valence-electron chi connectivity index (χ2n) is 10.6. The van der Waals surface area contributed by atoms with Gasteiger partial charge in [0.15, 0.2) is 5.01 Å². The van der Waals surface area contributed by atoms with Gasteiger partial charge < -0.3 is 14.7 Å². The number of fused-ring (bicyclic) bond motifs is 1. The molecule has 0 unspecified atom stereocenters. The molecule has 2 aromatic carbocycles. The van der Waals surface area contributed by atoms with Gasteiger partial charge in [-0.25, -0.2) is 4.98 Å². The van der Waals surface area contributed by atoms with Crippen molar-refractivity contribution in [3.05, 3.63) is 81.3 Å². The molecule has 11 heteroatoms. The van der Waals surface area contributed by atoms with Crippen molar-refractivity contribution in [2.24, 2.45) is 0 Å². The summed E-state index contributed by atoms with van der Waals surface area (Å²) in [6.07, 6.45) is -0.899. The molecule has 1 aromatic heterocycles. The average Bonchev–Trinajstić information content (AvgIpc) is 3.47. The van der Waals surface area contributed by atoms with Crippen LogP contribution >= 0.6 is 11.3 Å². The minimum Gasteiger partial charge on any atom is -0.367 e. The summed E-state index contributed by atoms with van der Waals surface area (Å²) in [6.45, 7) is 5.60. The number of thiazole rings is 1. The maximum atomic E-state index is 13.2. The molecule has 0 bridgehead atoms. The molecule has 7 nitrogen and oxygen atoms in total. The molecule has 0 radical (unpaired) electrons. The molecule has 0 aliphatic carbocycles. The van der Waals surface area contributed by atoms with Crippen molar-refractivity contribution in [1.82, 2.24) is 19.7 Å². The third kappa shape index (κ3) is 5.44. The molecule has 3 aliphatic rings. The lowest BCUT2D eigenvalue weighted by Gasteiger charge is -2.48. The van der Waals surface area contributed by atoms with Crippen molar-refractivity contribution >= 4 is 28.8 Å². The lowest BCUT2D eigenvalue weighted by Crippen LogP contribution is -2.64. The number of rotatable bonds is 5. The molecule has 40 heavy (non-hydrogen) atoms. The van der Waals surface area contributed by atoms with E-state index in [2.05, 4.69) is 14.8 Å². The summed E-state index contributed by atoms with van der Waals surface area (Å²) in [7, 11) is 0. The minimum atomic E-state index is -4.34. The Bertz CT molecular complexity index is 1370. The number of carbonyl (C=O) groups is 2. The second-order valence-corrected chi connectivity index (χ2v) is 11.5. The van der Waals surface area contributed by atoms with Crippen molar-refractivity contribution < 1.29 is 22.8 Å². The Morgan fingerprint density at radius 3 is 2.35 bits per heavy atom. The number of aryl methyl sites for hydroxylation is 1. The molecule has 0 saturated carbocycles. The van der Waals surface area contributed by atoms with E-state index in [9.17, 15) is 22.8 Å². The molecular weight excluding hydrogens is 539 g/mol. The first kappa shape index (κ1) is 26.8. The fourth-order valence-electron chi connectivity index (χ4n) is 5.78. The summed E-state index contributed by atoms with van der Waals surface area (Å²) < 4.78 is 38.7. The Balaban J connectivity index is 1.03. The van der Waals surface area contributed by atoms with Crippen molar-refractivity contribution in [2.75, 3.05) is 50.7 Å². The molecule has 3 aliphatic heterocycles. The van der Waals surface area contributed by atoms with E-state index in [4.69, 9.17) is 0 Å². The van der Waals surface area contributed by atoms with Gasteiger partial charge in [-0.3, -0.25) is 14.5 Å². The highest BCUT2D eigenvalue weighted by molar-refractivity contribution is 7.11. The Morgan fingerprint density at radius 2 is 1.68 bits per heavy atom. The number of anilines is 1. The monoisotopic (exact) mass is 569 g/mol. The number of nitrogens with zero attached hydrogens (tertiary/aromatic N) is 5. The fourth-order valence-corrected chi connectivity index (χ4v) is 6.38. The standard InChI is InChI=1S/C29H30F3N5O2S/c30-29(31,32)23-6-3-20(4-7-23)17-36-10-1-2-21-16-22(5-8-25(21)36)27(38)37-18-24(19-37)34-11-13-35(14-12-34)28(39)26-33-9-15-40-26/h3-9,15-16,24H,1-2,10-14,17-19H2. The van der Waals surface area contributed by atoms with Crippen molar-refractivity contribution in [3.63, 3.8) is 0 Å². The number of piperazine rings is 1. The lowest BCUT2D eigenvalue weighted by atomic mass is 9.97. The summed E-state index contributed by atoms with van der Waals surface area (Å²) >= 11 is 1.36. The lowest BCUT2D eigenvalue weighted by molar-refractivity contribution is -0.137. The number of hydrogen-bond acceptors (Lipinski definition) is 6. The quantitative estimate of drug-likeness (QED) is 0.456. The largest absolute Gasteiger partial charge is 0.416 e. The van der Waals surface area contributed by atoms with Gasteiger partial charge in [0.2, 0.25) is 0 Å². The molecule has 2 saturated heterocycles. The molecule has 2 amide bonds. The average molecular weight is 570 g/mol. The van der Waals surface area contributed by atoms with Crippen LogP contribution in [0.2, 0.25) is 0 Å². The van der Waals surface area contributed by atoms with Gasteiger partial charge in [0.25, 0.3) is 11.8 Å². The Morgan fingerprint density at radius 1 is 0.925 bits per heavy atom. The molecule has 0 atom stereocenters. The number of benzene rings is 2. The van der Waals surface area contributed by atoms with Gasteiger partial charge in [-0.15, -0.1) is 11.3 Å². The molecule has 0 N–H and O–H groups in total. The van der Waals surface area contributed by atoms with E-state index in [-0.39, 0.29) is 11.8 Å². The fraction of sp³-hybridized carbons (Fsp3) is 0.414. The van der Waals surface area contributed by atoms with Gasteiger partial charge in [0.05, 0.1) is 5.56 Å². The van der Waals surface area contributed by atoms with E-state index in [1.807, 2.05) is 33.4 Å². The highest BCUT2D eigenvalue weighted by atomic mass is 32.1. The van der Waals surface area contributed by atoms with E-state index >= 15 is 0 Å². The van der Waals surface area contributed by atoms with E-state index in [0.717, 1.165) is 61.4 Å². The maximum absolute atomic E-state index is 13.2. The van der Waals surface area contributed by atoms with Crippen LogP contribution in [0.4, 0.5) is 18.9 Å². The SMILES string of the molecule is O=C(c1ccc2c(c1)CCCN2Cc1ccc(C(F)(F)F)cc1)N1CC(N2CCN(C(=O)c3nccs3)CC2)C1. The smallest absolute Gasteiger partial charge is 0.367 e. The zero-order chi connectivity index (χ0) is 27.9. The van der Waals surface area contributed by atoms with Crippen molar-refractivity contribution in [1.29, 1.82) is 0 Å². The summed E-state index contributed by atoms with van der Waals surface area (Å²) in [5.74, 6) is 0.0156. The molecular formula is C29H30F3N5O2S. The number of aromatic nitrogens is 1. The first-order valence-corrected chi connectivity index (χ1v) is 14.4. The number of hydrogen-bond donors (Lipinski definition) is 0. The van der Waals surface area contributed by atoms with Crippen molar-refractivity contribution in [3.8, 4) is 0 Å². The van der Waals surface area contributed by atoms with Gasteiger partial charge in [0, 0.05) is 81.2 Å². The number of amides is 2. The second kappa shape index (κ2) is 10.9. The summed E-state index contributed by atoms with van der Waals surface area (Å²) in [5.41, 5.74) is 2.99. The van der Waals surface area contributed by atoms with Crippen LogP contribution in [0.1, 0.15) is 43.3 Å². The third-order valence-corrected chi connectivity index (χ3v) is 8.84. The van der Waals surface area contributed by atoms with Gasteiger partial charge in [-0.2, -0.15) is 13.2 Å². The Hall–Kier alpha value is -3.44. The minimum absolute atomic E-state index is 0.00889. The molecule has 0 spiro atoms. The summed E-state index contributed by atoms with van der Waals surface area (Å²) in [4.78, 5) is 38.2. The number of alkyl halides is 3. The summed E-state index contributed by atoms with van der Waals surface area (Å²) in [5, 5.41) is 2.34. The molecule has 210 valence electrons. The van der Waals surface area contributed by atoms with Crippen LogP contribution in [-0.2, 0) is 19.1 Å². The maximum Gasteiger partial charge on any atom is 0.416 e.